The molecule has 2 amide bonds. The van der Waals surface area contributed by atoms with E-state index in [-0.39, 0.29) is 6.03 Å². The van der Waals surface area contributed by atoms with Crippen LogP contribution in [0.2, 0.25) is 5.02 Å². The van der Waals surface area contributed by atoms with E-state index in [1.54, 1.807) is 6.07 Å². The molecule has 6 nitrogen and oxygen atoms in total. The van der Waals surface area contributed by atoms with Gasteiger partial charge in [0, 0.05) is 48.9 Å². The molecule has 2 heterocycles. The number of nitrogens with one attached hydrogen (secondary N) is 3. The van der Waals surface area contributed by atoms with Gasteiger partial charge in [-0.1, -0.05) is 11.6 Å². The largest absolute Gasteiger partial charge is 0.387 e. The molecule has 134 valence electrons. The molecule has 1 aliphatic heterocycles. The second-order valence-corrected chi connectivity index (χ2v) is 6.49. The number of rotatable bonds is 4. The Balaban J connectivity index is 1.96. The normalized spacial score (nSPS) is 13.5. The van der Waals surface area contributed by atoms with E-state index in [2.05, 4.69) is 22.0 Å². The first-order valence-corrected chi connectivity index (χ1v) is 8.76. The molecule has 0 bridgehead atoms. The van der Waals surface area contributed by atoms with Gasteiger partial charge in [0.15, 0.2) is 0 Å². The fourth-order valence-corrected chi connectivity index (χ4v) is 3.30. The smallest absolute Gasteiger partial charge is 0.315 e. The molecule has 1 aliphatic rings. The number of dihydropyridines is 1. The van der Waals surface area contributed by atoms with Crippen LogP contribution in [0.5, 0.6) is 0 Å². The van der Waals surface area contributed by atoms with Crippen molar-refractivity contribution in [2.24, 2.45) is 7.05 Å². The van der Waals surface area contributed by atoms with Gasteiger partial charge in [-0.2, -0.15) is 5.26 Å². The van der Waals surface area contributed by atoms with E-state index in [1.807, 2.05) is 42.9 Å². The number of carbonyl (C=O) groups excluding carboxylic acids is 1. The summed E-state index contributed by atoms with van der Waals surface area (Å²) in [5, 5.41) is 20.0. The number of nitrogens with zero attached hydrogens (tertiary/aromatic N) is 2. The van der Waals surface area contributed by atoms with Crippen LogP contribution in [-0.2, 0) is 7.05 Å². The van der Waals surface area contributed by atoms with Gasteiger partial charge in [-0.25, -0.2) is 4.79 Å². The van der Waals surface area contributed by atoms with Gasteiger partial charge in [-0.3, -0.25) is 0 Å². The number of hydrogen-bond donors (Lipinski definition) is 3. The molecule has 0 spiro atoms. The molecule has 0 radical (unpaired) electrons. The number of halogens is 1. The van der Waals surface area contributed by atoms with Gasteiger partial charge in [-0.05, 0) is 36.8 Å². The van der Waals surface area contributed by atoms with Crippen molar-refractivity contribution in [3.05, 3.63) is 52.3 Å². The van der Waals surface area contributed by atoms with Crippen molar-refractivity contribution < 1.29 is 4.79 Å². The van der Waals surface area contributed by atoms with E-state index >= 15 is 0 Å². The Hall–Kier alpha value is -2.91. The van der Waals surface area contributed by atoms with Crippen LogP contribution < -0.4 is 16.0 Å². The summed E-state index contributed by atoms with van der Waals surface area (Å²) in [4.78, 5) is 11.6. The van der Waals surface area contributed by atoms with Crippen LogP contribution in [0.1, 0.15) is 18.2 Å². The van der Waals surface area contributed by atoms with E-state index in [0.29, 0.717) is 30.2 Å². The number of aromatic nitrogens is 1. The van der Waals surface area contributed by atoms with E-state index < -0.39 is 0 Å². The monoisotopic (exact) mass is 369 g/mol. The Kier molecular flexibility index (Phi) is 5.19. The van der Waals surface area contributed by atoms with Crippen LogP contribution in [0, 0.1) is 11.3 Å². The molecule has 0 atom stereocenters. The number of urea groups is 1. The highest BCUT2D eigenvalue weighted by Gasteiger charge is 2.19. The van der Waals surface area contributed by atoms with Gasteiger partial charge >= 0.3 is 6.03 Å². The van der Waals surface area contributed by atoms with Gasteiger partial charge in [0.25, 0.3) is 0 Å². The third kappa shape index (κ3) is 3.39. The predicted octanol–water partition coefficient (Wildman–Crippen LogP) is 2.89. The molecule has 7 heteroatoms. The minimum absolute atomic E-state index is 0.193. The molecular weight excluding hydrogens is 350 g/mol. The van der Waals surface area contributed by atoms with Gasteiger partial charge < -0.3 is 20.5 Å². The van der Waals surface area contributed by atoms with Crippen molar-refractivity contribution in [2.45, 2.75) is 6.92 Å². The van der Waals surface area contributed by atoms with Gasteiger partial charge in [-0.15, -0.1) is 0 Å². The lowest BCUT2D eigenvalue weighted by molar-refractivity contribution is 0.242. The zero-order valence-electron chi connectivity index (χ0n) is 14.7. The quantitative estimate of drug-likeness (QED) is 0.775. The average molecular weight is 370 g/mol. The fourth-order valence-electron chi connectivity index (χ4n) is 3.13. The lowest BCUT2D eigenvalue weighted by Gasteiger charge is -2.17. The summed E-state index contributed by atoms with van der Waals surface area (Å²) in [6, 6.07) is 7.65. The number of amides is 2. The molecule has 1 aromatic carbocycles. The Morgan fingerprint density at radius 2 is 2.23 bits per heavy atom. The van der Waals surface area contributed by atoms with E-state index in [9.17, 15) is 10.1 Å². The molecule has 2 aromatic rings. The standard InChI is InChI=1S/C19H20ClN5O/c1-3-23-19(26)24-10-12-6-13(11-22-9-12)18-16(8-21)15-5-4-14(20)7-17(15)25(18)2/h4-7,11,22H,3,9-10H2,1-2H3,(H2,23,24,26). The first-order chi connectivity index (χ1) is 12.5. The maximum absolute atomic E-state index is 11.6. The van der Waals surface area contributed by atoms with Crippen LogP contribution >= 0.6 is 11.6 Å². The Morgan fingerprint density at radius 3 is 2.96 bits per heavy atom. The maximum Gasteiger partial charge on any atom is 0.315 e. The number of aryl methyl sites for hydroxylation is 1. The molecular formula is C19H20ClN5O. The summed E-state index contributed by atoms with van der Waals surface area (Å²) in [5.74, 6) is 0. The number of allylic oxidation sites excluding steroid dienone is 2. The summed E-state index contributed by atoms with van der Waals surface area (Å²) in [7, 11) is 1.92. The average Bonchev–Trinajstić information content (AvgIpc) is 2.92. The zero-order valence-corrected chi connectivity index (χ0v) is 15.4. The Morgan fingerprint density at radius 1 is 1.42 bits per heavy atom. The van der Waals surface area contributed by atoms with E-state index in [0.717, 1.165) is 27.7 Å². The van der Waals surface area contributed by atoms with Crippen LogP contribution in [0.3, 0.4) is 0 Å². The summed E-state index contributed by atoms with van der Waals surface area (Å²) >= 11 is 6.12. The van der Waals surface area contributed by atoms with Crippen LogP contribution in [0.4, 0.5) is 4.79 Å². The lowest BCUT2D eigenvalue weighted by Crippen LogP contribution is -2.37. The Labute approximate surface area is 157 Å². The highest BCUT2D eigenvalue weighted by molar-refractivity contribution is 6.31. The summed E-state index contributed by atoms with van der Waals surface area (Å²) < 4.78 is 1.98. The van der Waals surface area contributed by atoms with Crippen LogP contribution in [-0.4, -0.2) is 30.2 Å². The molecule has 3 rings (SSSR count). The number of nitriles is 1. The zero-order chi connectivity index (χ0) is 18.7. The summed E-state index contributed by atoms with van der Waals surface area (Å²) in [6.45, 7) is 3.54. The third-order valence-electron chi connectivity index (χ3n) is 4.31. The van der Waals surface area contributed by atoms with Gasteiger partial charge in [0.1, 0.15) is 6.07 Å². The summed E-state index contributed by atoms with van der Waals surface area (Å²) in [5.41, 5.74) is 4.27. The third-order valence-corrected chi connectivity index (χ3v) is 4.54. The molecule has 0 fully saturated rings. The predicted molar refractivity (Wildman–Crippen MR) is 104 cm³/mol. The number of carbonyl (C=O) groups is 1. The molecule has 0 unspecified atom stereocenters. The van der Waals surface area contributed by atoms with Crippen molar-refractivity contribution >= 4 is 34.1 Å². The van der Waals surface area contributed by atoms with E-state index in [1.165, 1.54) is 0 Å². The molecule has 0 aliphatic carbocycles. The first kappa shape index (κ1) is 17.9. The SMILES string of the molecule is CCNC(=O)NCC1=CC(c2c(C#N)c3ccc(Cl)cc3n2C)=CNC1. The van der Waals surface area contributed by atoms with Crippen molar-refractivity contribution in [1.29, 1.82) is 5.26 Å². The Bertz CT molecular complexity index is 964. The first-order valence-electron chi connectivity index (χ1n) is 8.38. The molecule has 26 heavy (non-hydrogen) atoms. The molecule has 3 N–H and O–H groups in total. The van der Waals surface area contributed by atoms with Crippen LogP contribution in [0.15, 0.2) is 36.0 Å². The lowest BCUT2D eigenvalue weighted by atomic mass is 10.0. The maximum atomic E-state index is 11.6. The van der Waals surface area contributed by atoms with Gasteiger partial charge in [0.2, 0.25) is 0 Å². The van der Waals surface area contributed by atoms with Crippen molar-refractivity contribution in [3.63, 3.8) is 0 Å². The fraction of sp³-hybridized carbons (Fsp3) is 0.263. The second-order valence-electron chi connectivity index (χ2n) is 6.05. The number of hydrogen-bond acceptors (Lipinski definition) is 3. The van der Waals surface area contributed by atoms with Crippen molar-refractivity contribution in [2.75, 3.05) is 19.6 Å². The van der Waals surface area contributed by atoms with Gasteiger partial charge in [0.05, 0.1) is 16.8 Å². The topological polar surface area (TPSA) is 81.9 Å². The molecule has 0 saturated heterocycles. The van der Waals surface area contributed by atoms with Crippen LogP contribution in [0.25, 0.3) is 16.5 Å². The molecule has 0 saturated carbocycles. The van der Waals surface area contributed by atoms with Crippen molar-refractivity contribution in [1.82, 2.24) is 20.5 Å². The number of fused-ring (bicyclic) bond motifs is 1. The minimum atomic E-state index is -0.193. The highest BCUT2D eigenvalue weighted by Crippen LogP contribution is 2.32. The minimum Gasteiger partial charge on any atom is -0.387 e. The second kappa shape index (κ2) is 7.54. The highest BCUT2D eigenvalue weighted by atomic mass is 35.5. The van der Waals surface area contributed by atoms with E-state index in [4.69, 9.17) is 11.6 Å². The summed E-state index contributed by atoms with van der Waals surface area (Å²) in [6.07, 6.45) is 3.91. The van der Waals surface area contributed by atoms with Crippen molar-refractivity contribution in [3.8, 4) is 6.07 Å². The molecule has 1 aromatic heterocycles. The number of benzene rings is 1.